The highest BCUT2D eigenvalue weighted by Crippen LogP contribution is 2.36. The minimum atomic E-state index is -0.0991. The quantitative estimate of drug-likeness (QED) is 0.809. The predicted octanol–water partition coefficient (Wildman–Crippen LogP) is 2.57. The number of hydrogen-bond donors (Lipinski definition) is 0. The molecular weight excluding hydrogens is 346 g/mol. The summed E-state index contributed by atoms with van der Waals surface area (Å²) in [6.45, 7) is 7.38. The van der Waals surface area contributed by atoms with Crippen LogP contribution in [0, 0.1) is 6.92 Å². The van der Waals surface area contributed by atoms with Crippen LogP contribution < -0.4 is 15.0 Å². The van der Waals surface area contributed by atoms with Crippen LogP contribution in [0.15, 0.2) is 29.1 Å². The fourth-order valence-electron chi connectivity index (χ4n) is 3.76. The molecule has 27 heavy (non-hydrogen) atoms. The van der Waals surface area contributed by atoms with E-state index in [1.54, 1.807) is 6.07 Å². The van der Waals surface area contributed by atoms with Gasteiger partial charge in [-0.05, 0) is 44.0 Å². The number of ether oxygens (including phenoxy) is 4. The summed E-state index contributed by atoms with van der Waals surface area (Å²) in [5.41, 5.74) is 4.14. The van der Waals surface area contributed by atoms with Crippen LogP contribution in [-0.2, 0) is 22.4 Å². The average Bonchev–Trinajstić information content (AvgIpc) is 2.70. The fourth-order valence-corrected chi connectivity index (χ4v) is 3.76. The molecule has 0 spiro atoms. The van der Waals surface area contributed by atoms with E-state index in [0.717, 1.165) is 29.0 Å². The molecule has 2 aliphatic heterocycles. The van der Waals surface area contributed by atoms with Crippen molar-refractivity contribution in [1.82, 2.24) is 4.57 Å². The molecule has 3 heterocycles. The van der Waals surface area contributed by atoms with Gasteiger partial charge in [-0.3, -0.25) is 4.79 Å². The first kappa shape index (κ1) is 18.1. The Bertz CT molecular complexity index is 883. The molecule has 2 aromatic rings. The van der Waals surface area contributed by atoms with Gasteiger partial charge in [-0.2, -0.15) is 0 Å². The molecule has 144 valence electrons. The van der Waals surface area contributed by atoms with Crippen molar-refractivity contribution in [1.29, 1.82) is 0 Å². The van der Waals surface area contributed by atoms with Gasteiger partial charge in [0.05, 0.1) is 32.1 Å². The van der Waals surface area contributed by atoms with Crippen LogP contribution in [0.5, 0.6) is 11.5 Å². The Morgan fingerprint density at radius 1 is 1.22 bits per heavy atom. The van der Waals surface area contributed by atoms with Crippen LogP contribution in [-0.4, -0.2) is 43.7 Å². The molecule has 1 atom stereocenters. The summed E-state index contributed by atoms with van der Waals surface area (Å²) in [5.74, 6) is 1.48. The lowest BCUT2D eigenvalue weighted by Gasteiger charge is -2.27. The van der Waals surface area contributed by atoms with Crippen molar-refractivity contribution >= 4 is 0 Å². The molecule has 1 fully saturated rings. The second kappa shape index (κ2) is 7.74. The van der Waals surface area contributed by atoms with E-state index >= 15 is 0 Å². The largest absolute Gasteiger partial charge is 0.494 e. The molecular formula is C21H25NO5. The molecule has 1 saturated heterocycles. The van der Waals surface area contributed by atoms with Crippen molar-refractivity contribution in [3.63, 3.8) is 0 Å². The van der Waals surface area contributed by atoms with E-state index in [-0.39, 0.29) is 11.7 Å². The van der Waals surface area contributed by atoms with Gasteiger partial charge in [-0.1, -0.05) is 0 Å². The lowest BCUT2D eigenvalue weighted by atomic mass is 9.94. The van der Waals surface area contributed by atoms with Crippen molar-refractivity contribution in [3.05, 3.63) is 45.7 Å². The average molecular weight is 371 g/mol. The Morgan fingerprint density at radius 2 is 2.11 bits per heavy atom. The van der Waals surface area contributed by atoms with Gasteiger partial charge in [0.2, 0.25) is 0 Å². The van der Waals surface area contributed by atoms with E-state index in [1.165, 1.54) is 5.56 Å². The monoisotopic (exact) mass is 371 g/mol. The second-order valence-electron chi connectivity index (χ2n) is 6.85. The van der Waals surface area contributed by atoms with Gasteiger partial charge in [0.15, 0.2) is 0 Å². The van der Waals surface area contributed by atoms with E-state index in [1.807, 2.05) is 30.5 Å². The minimum Gasteiger partial charge on any atom is -0.494 e. The lowest BCUT2D eigenvalue weighted by Crippen LogP contribution is -2.34. The molecule has 0 amide bonds. The number of pyridine rings is 1. The minimum absolute atomic E-state index is 0.0362. The van der Waals surface area contributed by atoms with Crippen LogP contribution in [0.1, 0.15) is 18.1 Å². The van der Waals surface area contributed by atoms with Crippen molar-refractivity contribution in [2.24, 2.45) is 0 Å². The van der Waals surface area contributed by atoms with E-state index in [0.29, 0.717) is 45.3 Å². The molecule has 0 N–H and O–H groups in total. The van der Waals surface area contributed by atoms with Crippen LogP contribution in [0.2, 0.25) is 0 Å². The highest BCUT2D eigenvalue weighted by molar-refractivity contribution is 5.71. The second-order valence-corrected chi connectivity index (χ2v) is 6.85. The highest BCUT2D eigenvalue weighted by Gasteiger charge is 2.23. The zero-order chi connectivity index (χ0) is 18.8. The normalized spacial score (nSPS) is 18.5. The van der Waals surface area contributed by atoms with Crippen molar-refractivity contribution in [2.75, 3.05) is 33.0 Å². The van der Waals surface area contributed by atoms with Gasteiger partial charge < -0.3 is 23.5 Å². The third kappa shape index (κ3) is 3.59. The molecule has 4 rings (SSSR count). The number of nitrogens with zero attached hydrogens (tertiary/aromatic N) is 1. The molecule has 2 aliphatic rings. The number of fused-ring (bicyclic) bond motifs is 3. The van der Waals surface area contributed by atoms with Gasteiger partial charge in [0.25, 0.3) is 5.56 Å². The maximum atomic E-state index is 12.7. The summed E-state index contributed by atoms with van der Waals surface area (Å²) < 4.78 is 24.5. The number of aromatic nitrogens is 1. The van der Waals surface area contributed by atoms with Gasteiger partial charge >= 0.3 is 0 Å². The Labute approximate surface area is 158 Å². The summed E-state index contributed by atoms with van der Waals surface area (Å²) in [4.78, 5) is 12.7. The van der Waals surface area contributed by atoms with E-state index in [2.05, 4.69) is 6.07 Å². The molecule has 1 aromatic carbocycles. The van der Waals surface area contributed by atoms with Crippen molar-refractivity contribution in [3.8, 4) is 22.8 Å². The predicted molar refractivity (Wildman–Crippen MR) is 102 cm³/mol. The molecule has 0 aliphatic carbocycles. The van der Waals surface area contributed by atoms with Crippen LogP contribution in [0.3, 0.4) is 0 Å². The zero-order valence-electron chi connectivity index (χ0n) is 15.8. The molecule has 0 bridgehead atoms. The SMILES string of the molecule is CCOc1ccc2c(c1)CCn1c-2c(C)c(OCC2COCCO2)cc1=O. The number of rotatable bonds is 5. The third-order valence-corrected chi connectivity index (χ3v) is 5.07. The Hall–Kier alpha value is -2.31. The maximum absolute atomic E-state index is 12.7. The first-order valence-electron chi connectivity index (χ1n) is 9.50. The Balaban J connectivity index is 1.66. The Kier molecular flexibility index (Phi) is 5.18. The maximum Gasteiger partial charge on any atom is 0.254 e. The lowest BCUT2D eigenvalue weighted by molar-refractivity contribution is -0.101. The fraction of sp³-hybridized carbons (Fsp3) is 0.476. The number of aryl methyl sites for hydroxylation is 1. The summed E-state index contributed by atoms with van der Waals surface area (Å²) in [5, 5.41) is 0. The Morgan fingerprint density at radius 3 is 2.89 bits per heavy atom. The van der Waals surface area contributed by atoms with Gasteiger partial charge in [-0.15, -0.1) is 0 Å². The van der Waals surface area contributed by atoms with Crippen molar-refractivity contribution in [2.45, 2.75) is 32.9 Å². The third-order valence-electron chi connectivity index (χ3n) is 5.07. The summed E-state index contributed by atoms with van der Waals surface area (Å²) >= 11 is 0. The summed E-state index contributed by atoms with van der Waals surface area (Å²) in [7, 11) is 0. The van der Waals surface area contributed by atoms with Gasteiger partial charge in [-0.25, -0.2) is 0 Å². The topological polar surface area (TPSA) is 58.9 Å². The molecule has 6 nitrogen and oxygen atoms in total. The van der Waals surface area contributed by atoms with Gasteiger partial charge in [0, 0.05) is 23.7 Å². The number of benzene rings is 1. The molecule has 0 radical (unpaired) electrons. The summed E-state index contributed by atoms with van der Waals surface area (Å²) in [6.07, 6.45) is 0.716. The molecule has 6 heteroatoms. The standard InChI is InChI=1S/C21H25NO5/c1-3-25-16-4-5-18-15(10-16)6-7-22-20(23)11-19(14(2)21(18)22)27-13-17-12-24-8-9-26-17/h4-5,10-11,17H,3,6-9,12-13H2,1-2H3. The van der Waals surface area contributed by atoms with Crippen molar-refractivity contribution < 1.29 is 18.9 Å². The number of hydrogen-bond acceptors (Lipinski definition) is 5. The molecule has 0 saturated carbocycles. The van der Waals surface area contributed by atoms with E-state index in [4.69, 9.17) is 18.9 Å². The van der Waals surface area contributed by atoms with Crippen LogP contribution >= 0.6 is 0 Å². The van der Waals surface area contributed by atoms with Crippen LogP contribution in [0.4, 0.5) is 0 Å². The first-order valence-corrected chi connectivity index (χ1v) is 9.50. The molecule has 1 unspecified atom stereocenters. The first-order chi connectivity index (χ1) is 13.2. The highest BCUT2D eigenvalue weighted by atomic mass is 16.6. The van der Waals surface area contributed by atoms with E-state index in [9.17, 15) is 4.79 Å². The summed E-state index contributed by atoms with van der Waals surface area (Å²) in [6, 6.07) is 7.66. The van der Waals surface area contributed by atoms with Gasteiger partial charge in [0.1, 0.15) is 24.2 Å². The zero-order valence-corrected chi connectivity index (χ0v) is 15.8. The smallest absolute Gasteiger partial charge is 0.254 e. The molecule has 1 aromatic heterocycles. The van der Waals surface area contributed by atoms with Crippen LogP contribution in [0.25, 0.3) is 11.3 Å². The van der Waals surface area contributed by atoms with E-state index < -0.39 is 0 Å².